The highest BCUT2D eigenvalue weighted by atomic mass is 35.5. The minimum atomic E-state index is -1.18. The summed E-state index contributed by atoms with van der Waals surface area (Å²) in [6, 6.07) is 12.0. The number of nitrogens with zero attached hydrogens (tertiary/aromatic N) is 3. The molecule has 0 radical (unpaired) electrons. The molecule has 0 unspecified atom stereocenters. The maximum atomic E-state index is 12.5. The molecular weight excluding hydrogens is 683 g/mol. The zero-order chi connectivity index (χ0) is 35.3. The Labute approximate surface area is 298 Å². The van der Waals surface area contributed by atoms with E-state index >= 15 is 0 Å². The van der Waals surface area contributed by atoms with Crippen molar-refractivity contribution >= 4 is 48.7 Å². The Hall–Kier alpha value is -3.71. The van der Waals surface area contributed by atoms with Gasteiger partial charge in [-0.05, 0) is 88.9 Å². The van der Waals surface area contributed by atoms with Crippen LogP contribution in [-0.4, -0.2) is 58.6 Å². The highest BCUT2D eigenvalue weighted by molar-refractivity contribution is 6.76. The Balaban J connectivity index is 0.000000229. The van der Waals surface area contributed by atoms with Crippen LogP contribution in [-0.2, 0) is 16.2 Å². The van der Waals surface area contributed by atoms with Crippen LogP contribution in [0.5, 0.6) is 11.5 Å². The van der Waals surface area contributed by atoms with Crippen LogP contribution < -0.4 is 20.5 Å². The third kappa shape index (κ3) is 11.4. The number of ether oxygens (including phenoxy) is 4. The van der Waals surface area contributed by atoms with Crippen molar-refractivity contribution in [3.63, 3.8) is 0 Å². The summed E-state index contributed by atoms with van der Waals surface area (Å²) in [6.07, 6.45) is 7.61. The first-order valence-electron chi connectivity index (χ1n) is 16.5. The normalized spacial score (nSPS) is 14.5. The van der Waals surface area contributed by atoms with Gasteiger partial charge in [0, 0.05) is 35.9 Å². The quantitative estimate of drug-likeness (QED) is 0.0969. The number of aromatic nitrogens is 4. The molecule has 2 aromatic heterocycles. The highest BCUT2D eigenvalue weighted by Gasteiger charge is 2.28. The zero-order valence-electron chi connectivity index (χ0n) is 28.9. The number of halogens is 2. The van der Waals surface area contributed by atoms with Crippen molar-refractivity contribution in [1.82, 2.24) is 20.0 Å². The predicted molar refractivity (Wildman–Crippen MR) is 197 cm³/mol. The maximum Gasteiger partial charge on any atom is 0.412 e. The van der Waals surface area contributed by atoms with Crippen LogP contribution in [0.4, 0.5) is 16.2 Å². The van der Waals surface area contributed by atoms with E-state index in [4.69, 9.17) is 47.9 Å². The summed E-state index contributed by atoms with van der Waals surface area (Å²) in [6.45, 7) is 13.4. The minimum Gasteiger partial charge on any atom is -0.490 e. The van der Waals surface area contributed by atoms with Gasteiger partial charge in [-0.1, -0.05) is 42.8 Å². The fourth-order valence-electron chi connectivity index (χ4n) is 4.56. The molecular formula is C35H46Cl2N6O5Si. The zero-order valence-corrected chi connectivity index (χ0v) is 31.5. The molecule has 0 saturated heterocycles. The van der Waals surface area contributed by atoms with Gasteiger partial charge in [0.1, 0.15) is 29.5 Å². The Morgan fingerprint density at radius 1 is 1.00 bits per heavy atom. The maximum absolute atomic E-state index is 12.5. The summed E-state index contributed by atoms with van der Waals surface area (Å²) in [5.41, 5.74) is 9.22. The van der Waals surface area contributed by atoms with E-state index < -0.39 is 19.8 Å². The lowest BCUT2D eigenvalue weighted by atomic mass is 10.1. The van der Waals surface area contributed by atoms with Gasteiger partial charge in [-0.15, -0.1) is 0 Å². The first-order valence-corrected chi connectivity index (χ1v) is 21.0. The fraction of sp³-hybridized carbons (Fsp3) is 0.457. The van der Waals surface area contributed by atoms with Crippen molar-refractivity contribution in [2.75, 3.05) is 17.7 Å². The predicted octanol–water partition coefficient (Wildman–Crippen LogP) is 9.26. The van der Waals surface area contributed by atoms with E-state index in [0.29, 0.717) is 45.6 Å². The lowest BCUT2D eigenvalue weighted by molar-refractivity contribution is 0.0635. The van der Waals surface area contributed by atoms with Crippen LogP contribution in [0.1, 0.15) is 46.5 Å². The number of H-pyrrole nitrogens is 1. The number of hydrogen-bond acceptors (Lipinski definition) is 8. The first-order chi connectivity index (χ1) is 23.1. The second-order valence-electron chi connectivity index (χ2n) is 14.5. The summed E-state index contributed by atoms with van der Waals surface area (Å²) in [7, 11) is -1.18. The lowest BCUT2D eigenvalue weighted by Crippen LogP contribution is -2.27. The van der Waals surface area contributed by atoms with E-state index in [9.17, 15) is 4.79 Å². The second-order valence-corrected chi connectivity index (χ2v) is 21.0. The second kappa shape index (κ2) is 15.5. The molecule has 6 rings (SSSR count). The van der Waals surface area contributed by atoms with Crippen molar-refractivity contribution in [2.45, 2.75) is 96.7 Å². The van der Waals surface area contributed by atoms with Gasteiger partial charge in [0.2, 0.25) is 0 Å². The van der Waals surface area contributed by atoms with Crippen LogP contribution in [0.15, 0.2) is 48.8 Å². The summed E-state index contributed by atoms with van der Waals surface area (Å²) >= 11 is 12.3. The third-order valence-corrected chi connectivity index (χ3v) is 9.50. The van der Waals surface area contributed by atoms with Gasteiger partial charge in [0.05, 0.1) is 41.7 Å². The number of hydrogen-bond donors (Lipinski definition) is 3. The molecule has 0 atom stereocenters. The molecule has 2 aliphatic rings. The first kappa shape index (κ1) is 36.6. The van der Waals surface area contributed by atoms with Gasteiger partial charge in [-0.25, -0.2) is 9.48 Å². The van der Waals surface area contributed by atoms with Crippen molar-refractivity contribution < 1.29 is 23.7 Å². The summed E-state index contributed by atoms with van der Waals surface area (Å²) in [4.78, 5) is 12.5. The molecule has 0 spiro atoms. The van der Waals surface area contributed by atoms with E-state index in [1.165, 1.54) is 0 Å². The van der Waals surface area contributed by atoms with E-state index in [-0.39, 0.29) is 12.8 Å². The Morgan fingerprint density at radius 2 is 1.59 bits per heavy atom. The van der Waals surface area contributed by atoms with Gasteiger partial charge in [-0.3, -0.25) is 10.4 Å². The number of anilines is 2. The molecule has 2 aromatic carbocycles. The molecule has 4 N–H and O–H groups in total. The average Bonchev–Trinajstić information content (AvgIpc) is 3.92. The molecule has 49 heavy (non-hydrogen) atoms. The fourth-order valence-corrected chi connectivity index (χ4v) is 5.66. The molecule has 2 heterocycles. The van der Waals surface area contributed by atoms with E-state index in [1.807, 2.05) is 45.0 Å². The smallest absolute Gasteiger partial charge is 0.412 e. The molecule has 0 aliphatic heterocycles. The number of nitrogens with one attached hydrogen (secondary N) is 2. The topological polar surface area (TPSA) is 139 Å². The molecule has 0 bridgehead atoms. The van der Waals surface area contributed by atoms with E-state index in [1.54, 1.807) is 29.2 Å². The van der Waals surface area contributed by atoms with Crippen LogP contribution in [0, 0.1) is 0 Å². The standard InChI is InChI=1S/C23H34ClN3O4Si.C12H12ClN3O/c1-23(2,3)31-22(28)25-19-14-27(15-29-11-12-32(4,5)6)26-21(19)18-13-16(24)7-10-20(18)30-17-8-9-17;13-7-1-4-11(17-8-2-3-8)9(5-7)12-10(14)6-15-16-12/h7,10,13-14,17H,8-9,11-12,15H2,1-6H3,(H,25,28);1,4-6,8H,2-3,14H2,(H,15,16). The highest BCUT2D eigenvalue weighted by Crippen LogP contribution is 2.40. The number of nitrogens with two attached hydrogens (primary N) is 1. The van der Waals surface area contributed by atoms with Gasteiger partial charge in [0.25, 0.3) is 0 Å². The molecule has 14 heteroatoms. The number of amides is 1. The SMILES string of the molecule is CC(C)(C)OC(=O)Nc1cn(COCC[Si](C)(C)C)nc1-c1cc(Cl)ccc1OC1CC1.Nc1cn[nH]c1-c1cc(Cl)ccc1OC1CC1. The summed E-state index contributed by atoms with van der Waals surface area (Å²) in [5, 5.41) is 15.5. The summed E-state index contributed by atoms with van der Waals surface area (Å²) < 4.78 is 24.9. The van der Waals surface area contributed by atoms with Crippen LogP contribution in [0.3, 0.4) is 0 Å². The van der Waals surface area contributed by atoms with Crippen LogP contribution in [0.2, 0.25) is 35.7 Å². The van der Waals surface area contributed by atoms with Crippen molar-refractivity contribution in [1.29, 1.82) is 0 Å². The molecule has 4 aromatic rings. The van der Waals surface area contributed by atoms with Gasteiger partial charge >= 0.3 is 6.09 Å². The molecule has 2 aliphatic carbocycles. The number of aromatic amines is 1. The largest absolute Gasteiger partial charge is 0.490 e. The monoisotopic (exact) mass is 728 g/mol. The Kier molecular flexibility index (Phi) is 11.5. The van der Waals surface area contributed by atoms with Crippen LogP contribution in [0.25, 0.3) is 22.5 Å². The van der Waals surface area contributed by atoms with Gasteiger partial charge in [0.15, 0.2) is 0 Å². The molecule has 11 nitrogen and oxygen atoms in total. The number of carbonyl (C=O) groups excluding carboxylic acids is 1. The third-order valence-electron chi connectivity index (χ3n) is 7.33. The summed E-state index contributed by atoms with van der Waals surface area (Å²) in [5.74, 6) is 1.49. The number of carbonyl (C=O) groups is 1. The Bertz CT molecular complexity index is 1740. The van der Waals surface area contributed by atoms with E-state index in [0.717, 1.165) is 54.3 Å². The minimum absolute atomic E-state index is 0.212. The number of benzene rings is 2. The van der Waals surface area contributed by atoms with Crippen LogP contribution >= 0.6 is 23.2 Å². The number of nitrogen functional groups attached to an aromatic ring is 1. The molecule has 2 fully saturated rings. The van der Waals surface area contributed by atoms with Crippen molar-refractivity contribution in [3.8, 4) is 34.0 Å². The van der Waals surface area contributed by atoms with Gasteiger partial charge < -0.3 is 24.7 Å². The lowest BCUT2D eigenvalue weighted by Gasteiger charge is -2.19. The van der Waals surface area contributed by atoms with E-state index in [2.05, 4.69) is 40.3 Å². The number of rotatable bonds is 12. The molecule has 2 saturated carbocycles. The average molecular weight is 730 g/mol. The van der Waals surface area contributed by atoms with Gasteiger partial charge in [-0.2, -0.15) is 10.2 Å². The molecule has 264 valence electrons. The van der Waals surface area contributed by atoms with Crippen molar-refractivity contribution in [2.24, 2.45) is 0 Å². The Morgan fingerprint density at radius 3 is 2.12 bits per heavy atom. The molecule has 1 amide bonds. The van der Waals surface area contributed by atoms with Crippen molar-refractivity contribution in [3.05, 3.63) is 58.8 Å².